The minimum atomic E-state index is -0.521. The number of aromatic amines is 1. The van der Waals surface area contributed by atoms with Crippen molar-refractivity contribution in [2.24, 2.45) is 0 Å². The summed E-state index contributed by atoms with van der Waals surface area (Å²) in [6.07, 6.45) is 5.25. The summed E-state index contributed by atoms with van der Waals surface area (Å²) in [6, 6.07) is 23.5. The van der Waals surface area contributed by atoms with Crippen molar-refractivity contribution >= 4 is 11.6 Å². The predicted molar refractivity (Wildman–Crippen MR) is 151 cm³/mol. The third kappa shape index (κ3) is 5.39. The van der Waals surface area contributed by atoms with Crippen molar-refractivity contribution in [2.75, 3.05) is 0 Å². The van der Waals surface area contributed by atoms with E-state index in [-0.39, 0.29) is 11.4 Å². The summed E-state index contributed by atoms with van der Waals surface area (Å²) < 4.78 is 16.7. The van der Waals surface area contributed by atoms with E-state index in [0.29, 0.717) is 39.6 Å². The molecule has 11 heteroatoms. The Balaban J connectivity index is 1.41. The van der Waals surface area contributed by atoms with Gasteiger partial charge in [-0.1, -0.05) is 35.9 Å². The Labute approximate surface area is 238 Å². The van der Waals surface area contributed by atoms with Crippen molar-refractivity contribution in [3.05, 3.63) is 136 Å². The Hall–Kier alpha value is -5.40. The number of imidazole rings is 1. The van der Waals surface area contributed by atoms with Crippen molar-refractivity contribution in [1.29, 1.82) is 5.26 Å². The normalized spacial score (nSPS) is 11.7. The Morgan fingerprint density at radius 2 is 1.80 bits per heavy atom. The van der Waals surface area contributed by atoms with Crippen LogP contribution in [0.2, 0.25) is 5.02 Å². The molecule has 200 valence electrons. The number of nitrogens with zero attached hydrogens (tertiary/aromatic N) is 7. The van der Waals surface area contributed by atoms with E-state index in [1.807, 2.05) is 18.2 Å². The molecule has 0 unspecified atom stereocenters. The number of benzene rings is 3. The Morgan fingerprint density at radius 1 is 1.00 bits per heavy atom. The lowest BCUT2D eigenvalue weighted by atomic mass is 10.0. The average Bonchev–Trinajstić information content (AvgIpc) is 3.71. The number of nitrogens with one attached hydrogen (secondary N) is 1. The standard InChI is InChI=1S/C30H20ClFN8O/c31-23-7-10-27(40-18-35-37-38-40)25(15-23)22-11-12-39(29(41)14-22)28(13-19-3-8-24(32)9-4-19)30-34-17-26(36-30)21-5-1-20(16-33)2-6-21/h1-12,14-15,17-18,28H,13H2,(H,34,36)/t28-/m0/s1. The van der Waals surface area contributed by atoms with Gasteiger partial charge in [0.2, 0.25) is 0 Å². The van der Waals surface area contributed by atoms with Crippen LogP contribution in [0.25, 0.3) is 28.1 Å². The third-order valence-corrected chi connectivity index (χ3v) is 6.96. The summed E-state index contributed by atoms with van der Waals surface area (Å²) >= 11 is 6.30. The molecule has 1 atom stereocenters. The molecule has 3 aromatic heterocycles. The Bertz CT molecular complexity index is 1920. The SMILES string of the molecule is N#Cc1ccc(-c2cnc([C@H](Cc3ccc(F)cc3)n3ccc(-c4cc(Cl)ccc4-n4cnnn4)cc3=O)[nH]2)cc1. The van der Waals surface area contributed by atoms with Crippen LogP contribution in [0.3, 0.4) is 0 Å². The molecule has 0 aliphatic carbocycles. The molecule has 0 radical (unpaired) electrons. The summed E-state index contributed by atoms with van der Waals surface area (Å²) in [7, 11) is 0. The van der Waals surface area contributed by atoms with Crippen molar-refractivity contribution in [3.63, 3.8) is 0 Å². The first-order chi connectivity index (χ1) is 20.0. The van der Waals surface area contributed by atoms with E-state index in [4.69, 9.17) is 16.9 Å². The molecule has 41 heavy (non-hydrogen) atoms. The van der Waals surface area contributed by atoms with Gasteiger partial charge in [0.1, 0.15) is 18.0 Å². The highest BCUT2D eigenvalue weighted by molar-refractivity contribution is 6.31. The maximum absolute atomic E-state index is 13.7. The molecule has 0 fully saturated rings. The smallest absolute Gasteiger partial charge is 0.251 e. The van der Waals surface area contributed by atoms with Gasteiger partial charge in [-0.3, -0.25) is 4.79 Å². The zero-order valence-corrected chi connectivity index (χ0v) is 22.1. The van der Waals surface area contributed by atoms with Gasteiger partial charge in [0.05, 0.1) is 35.3 Å². The zero-order chi connectivity index (χ0) is 28.3. The van der Waals surface area contributed by atoms with Gasteiger partial charge in [-0.15, -0.1) is 5.10 Å². The fourth-order valence-corrected chi connectivity index (χ4v) is 4.85. The van der Waals surface area contributed by atoms with E-state index < -0.39 is 6.04 Å². The van der Waals surface area contributed by atoms with Gasteiger partial charge in [-0.05, 0) is 75.6 Å². The molecule has 0 spiro atoms. The van der Waals surface area contributed by atoms with E-state index in [9.17, 15) is 9.18 Å². The molecule has 0 bridgehead atoms. The summed E-state index contributed by atoms with van der Waals surface area (Å²) in [5.74, 6) is 0.216. The number of pyridine rings is 1. The van der Waals surface area contributed by atoms with E-state index >= 15 is 0 Å². The number of hydrogen-bond donors (Lipinski definition) is 1. The number of tetrazole rings is 1. The third-order valence-electron chi connectivity index (χ3n) is 6.73. The summed E-state index contributed by atoms with van der Waals surface area (Å²) in [5.41, 5.74) is 4.69. The molecule has 3 heterocycles. The number of aromatic nitrogens is 7. The van der Waals surface area contributed by atoms with Gasteiger partial charge in [0, 0.05) is 29.3 Å². The lowest BCUT2D eigenvalue weighted by Gasteiger charge is -2.19. The zero-order valence-electron chi connectivity index (χ0n) is 21.3. The van der Waals surface area contributed by atoms with Crippen LogP contribution in [-0.4, -0.2) is 34.7 Å². The molecular formula is C30H20ClFN8O. The predicted octanol–water partition coefficient (Wildman–Crippen LogP) is 5.38. The van der Waals surface area contributed by atoms with Crippen molar-refractivity contribution in [3.8, 4) is 34.1 Å². The molecule has 1 N–H and O–H groups in total. The van der Waals surface area contributed by atoms with Crippen LogP contribution in [0.15, 0.2) is 102 Å². The van der Waals surface area contributed by atoms with E-state index in [0.717, 1.165) is 16.8 Å². The highest BCUT2D eigenvalue weighted by Gasteiger charge is 2.21. The fraction of sp³-hybridized carbons (Fsp3) is 0.0667. The molecule has 0 saturated heterocycles. The molecular weight excluding hydrogens is 543 g/mol. The minimum Gasteiger partial charge on any atom is -0.340 e. The van der Waals surface area contributed by atoms with Crippen LogP contribution in [0, 0.1) is 17.1 Å². The average molecular weight is 563 g/mol. The van der Waals surface area contributed by atoms with Crippen molar-refractivity contribution in [1.82, 2.24) is 34.7 Å². The highest BCUT2D eigenvalue weighted by atomic mass is 35.5. The lowest BCUT2D eigenvalue weighted by Crippen LogP contribution is -2.27. The number of nitriles is 1. The quantitative estimate of drug-likeness (QED) is 0.279. The molecule has 0 amide bonds. The van der Waals surface area contributed by atoms with Crippen LogP contribution in [-0.2, 0) is 6.42 Å². The van der Waals surface area contributed by atoms with E-state index in [2.05, 4.69) is 31.6 Å². The van der Waals surface area contributed by atoms with Crippen LogP contribution >= 0.6 is 11.6 Å². The molecule has 0 aliphatic heterocycles. The van der Waals surface area contributed by atoms with Crippen molar-refractivity contribution in [2.45, 2.75) is 12.5 Å². The number of H-pyrrole nitrogens is 1. The molecule has 9 nitrogen and oxygen atoms in total. The molecule has 0 aliphatic rings. The first-order valence-corrected chi connectivity index (χ1v) is 12.9. The van der Waals surface area contributed by atoms with Crippen LogP contribution in [0.1, 0.15) is 23.0 Å². The van der Waals surface area contributed by atoms with E-state index in [1.54, 1.807) is 59.4 Å². The Morgan fingerprint density at radius 3 is 2.51 bits per heavy atom. The van der Waals surface area contributed by atoms with Crippen molar-refractivity contribution < 1.29 is 4.39 Å². The van der Waals surface area contributed by atoms with Crippen LogP contribution < -0.4 is 5.56 Å². The maximum Gasteiger partial charge on any atom is 0.251 e. The summed E-state index contributed by atoms with van der Waals surface area (Å²) in [6.45, 7) is 0. The van der Waals surface area contributed by atoms with Gasteiger partial charge < -0.3 is 9.55 Å². The number of halogens is 2. The van der Waals surface area contributed by atoms with Gasteiger partial charge in [0.15, 0.2) is 0 Å². The summed E-state index contributed by atoms with van der Waals surface area (Å²) in [5, 5.41) is 21.0. The highest BCUT2D eigenvalue weighted by Crippen LogP contribution is 2.30. The van der Waals surface area contributed by atoms with Crippen LogP contribution in [0.4, 0.5) is 4.39 Å². The van der Waals surface area contributed by atoms with Crippen LogP contribution in [0.5, 0.6) is 0 Å². The molecule has 0 saturated carbocycles. The lowest BCUT2D eigenvalue weighted by molar-refractivity contribution is 0.536. The second-order valence-corrected chi connectivity index (χ2v) is 9.73. The van der Waals surface area contributed by atoms with E-state index in [1.165, 1.54) is 29.2 Å². The Kier molecular flexibility index (Phi) is 6.93. The fourth-order valence-electron chi connectivity index (χ4n) is 4.67. The molecule has 6 rings (SSSR count). The topological polar surface area (TPSA) is 118 Å². The summed E-state index contributed by atoms with van der Waals surface area (Å²) in [4.78, 5) is 21.6. The number of hydrogen-bond acceptors (Lipinski definition) is 6. The monoisotopic (exact) mass is 562 g/mol. The van der Waals surface area contributed by atoms with Gasteiger partial charge >= 0.3 is 0 Å². The first-order valence-electron chi connectivity index (χ1n) is 12.5. The van der Waals surface area contributed by atoms with Gasteiger partial charge in [-0.2, -0.15) is 9.94 Å². The molecule has 3 aromatic carbocycles. The first kappa shape index (κ1) is 25.9. The second-order valence-electron chi connectivity index (χ2n) is 9.29. The maximum atomic E-state index is 13.7. The minimum absolute atomic E-state index is 0.270. The second kappa shape index (κ2) is 11.0. The van der Waals surface area contributed by atoms with Gasteiger partial charge in [-0.25, -0.2) is 9.37 Å². The largest absolute Gasteiger partial charge is 0.340 e. The van der Waals surface area contributed by atoms with Gasteiger partial charge in [0.25, 0.3) is 5.56 Å². The number of rotatable bonds is 7. The molecule has 6 aromatic rings.